The van der Waals surface area contributed by atoms with E-state index in [4.69, 9.17) is 27.9 Å². The van der Waals surface area contributed by atoms with Crippen LogP contribution in [-0.4, -0.2) is 24.6 Å². The number of benzene rings is 2. The Morgan fingerprint density at radius 3 is 2.52 bits per heavy atom. The molecule has 0 spiro atoms. The second-order valence-electron chi connectivity index (χ2n) is 5.55. The third kappa shape index (κ3) is 6.92. The van der Waals surface area contributed by atoms with Gasteiger partial charge >= 0.3 is 11.8 Å². The summed E-state index contributed by atoms with van der Waals surface area (Å²) in [7, 11) is 0. The van der Waals surface area contributed by atoms with Gasteiger partial charge in [0.1, 0.15) is 12.4 Å². The minimum absolute atomic E-state index is 0.312. The molecule has 0 bridgehead atoms. The van der Waals surface area contributed by atoms with Crippen molar-refractivity contribution in [3.05, 3.63) is 63.6 Å². The number of ether oxygens (including phenoxy) is 1. The molecule has 0 saturated heterocycles. The van der Waals surface area contributed by atoms with E-state index in [9.17, 15) is 9.59 Å². The van der Waals surface area contributed by atoms with Crippen LogP contribution in [-0.2, 0) is 16.2 Å². The lowest BCUT2D eigenvalue weighted by Crippen LogP contribution is -2.38. The van der Waals surface area contributed by atoms with Gasteiger partial charge in [0.25, 0.3) is 0 Å². The molecule has 8 heteroatoms. The van der Waals surface area contributed by atoms with Gasteiger partial charge in [0.15, 0.2) is 0 Å². The van der Waals surface area contributed by atoms with Crippen LogP contribution in [0.4, 0.5) is 0 Å². The summed E-state index contributed by atoms with van der Waals surface area (Å²) in [5.41, 5.74) is 3.74. The Hall–Kier alpha value is -2.57. The molecule has 0 radical (unpaired) electrons. The van der Waals surface area contributed by atoms with E-state index in [2.05, 4.69) is 15.8 Å². The summed E-state index contributed by atoms with van der Waals surface area (Å²) >= 11 is 12.0. The number of nitrogens with zero attached hydrogens (tertiary/aromatic N) is 1. The molecule has 2 amide bonds. The van der Waals surface area contributed by atoms with E-state index >= 15 is 0 Å². The largest absolute Gasteiger partial charge is 0.489 e. The maximum Gasteiger partial charge on any atom is 0.329 e. The van der Waals surface area contributed by atoms with Gasteiger partial charge in [-0.25, -0.2) is 5.43 Å². The Kier molecular flexibility index (Phi) is 8.10. The van der Waals surface area contributed by atoms with Crippen LogP contribution in [0.15, 0.2) is 47.6 Å². The van der Waals surface area contributed by atoms with Gasteiger partial charge < -0.3 is 10.1 Å². The molecule has 0 saturated carbocycles. The predicted molar refractivity (Wildman–Crippen MR) is 106 cm³/mol. The Bertz CT molecular complexity index is 823. The first-order chi connectivity index (χ1) is 13.0. The molecule has 27 heavy (non-hydrogen) atoms. The van der Waals surface area contributed by atoms with Gasteiger partial charge in [0.2, 0.25) is 0 Å². The molecule has 0 aliphatic rings. The van der Waals surface area contributed by atoms with E-state index < -0.39 is 11.8 Å². The number of rotatable bonds is 7. The first-order valence-corrected chi connectivity index (χ1v) is 9.03. The van der Waals surface area contributed by atoms with Crippen LogP contribution >= 0.6 is 23.2 Å². The summed E-state index contributed by atoms with van der Waals surface area (Å²) in [5, 5.41) is 7.34. The summed E-state index contributed by atoms with van der Waals surface area (Å²) in [4.78, 5) is 22.9. The molecule has 2 rings (SSSR count). The topological polar surface area (TPSA) is 79.8 Å². The lowest BCUT2D eigenvalue weighted by atomic mass is 10.2. The monoisotopic (exact) mass is 407 g/mol. The van der Waals surface area contributed by atoms with Crippen LogP contribution in [0.3, 0.4) is 0 Å². The van der Waals surface area contributed by atoms with Crippen LogP contribution < -0.4 is 15.5 Å². The number of hydrogen-bond donors (Lipinski definition) is 2. The first-order valence-electron chi connectivity index (χ1n) is 8.27. The van der Waals surface area contributed by atoms with Crippen molar-refractivity contribution in [3.63, 3.8) is 0 Å². The fourth-order valence-electron chi connectivity index (χ4n) is 1.98. The molecule has 142 valence electrons. The number of hydrogen-bond acceptors (Lipinski definition) is 4. The average molecular weight is 408 g/mol. The fraction of sp³-hybridized carbons (Fsp3) is 0.211. The fourth-order valence-corrected chi connectivity index (χ4v) is 2.45. The number of amides is 2. The van der Waals surface area contributed by atoms with Crippen LogP contribution in [0.25, 0.3) is 0 Å². The highest BCUT2D eigenvalue weighted by Crippen LogP contribution is 2.22. The molecule has 0 heterocycles. The van der Waals surface area contributed by atoms with Gasteiger partial charge in [0.05, 0.1) is 6.21 Å². The number of nitrogens with one attached hydrogen (secondary N) is 2. The molecule has 0 fully saturated rings. The van der Waals surface area contributed by atoms with Crippen molar-refractivity contribution in [2.45, 2.75) is 20.0 Å². The van der Waals surface area contributed by atoms with Crippen LogP contribution in [0.1, 0.15) is 24.5 Å². The quantitative estimate of drug-likeness (QED) is 0.418. The summed E-state index contributed by atoms with van der Waals surface area (Å²) < 4.78 is 5.68. The van der Waals surface area contributed by atoms with E-state index in [1.54, 1.807) is 36.4 Å². The normalized spacial score (nSPS) is 10.6. The smallest absolute Gasteiger partial charge is 0.329 e. The summed E-state index contributed by atoms with van der Waals surface area (Å²) in [6, 6.07) is 12.3. The van der Waals surface area contributed by atoms with Crippen molar-refractivity contribution in [1.29, 1.82) is 0 Å². The standard InChI is InChI=1S/C19H19Cl2N3O3/c1-2-9-22-18(25)19(26)24-23-11-13-3-7-16(8-4-13)27-12-14-5-6-15(20)10-17(14)21/h3-8,10-11H,2,9,12H2,1H3,(H,22,25)(H,24,26)/b23-11-. The number of halogens is 2. The maximum absolute atomic E-state index is 11.5. The van der Waals surface area contributed by atoms with Gasteiger partial charge in [0, 0.05) is 22.2 Å². The van der Waals surface area contributed by atoms with Crippen LogP contribution in [0.2, 0.25) is 10.0 Å². The minimum Gasteiger partial charge on any atom is -0.489 e. The molecule has 2 N–H and O–H groups in total. The third-order valence-electron chi connectivity index (χ3n) is 3.41. The van der Waals surface area contributed by atoms with Gasteiger partial charge in [-0.3, -0.25) is 9.59 Å². The predicted octanol–water partition coefficient (Wildman–Crippen LogP) is 3.55. The van der Waals surface area contributed by atoms with E-state index in [1.165, 1.54) is 6.21 Å². The number of carbonyl (C=O) groups excluding carboxylic acids is 2. The Morgan fingerprint density at radius 2 is 1.85 bits per heavy atom. The second-order valence-corrected chi connectivity index (χ2v) is 6.39. The van der Waals surface area contributed by atoms with Gasteiger partial charge in [-0.05, 0) is 48.4 Å². The third-order valence-corrected chi connectivity index (χ3v) is 4.00. The molecule has 0 unspecified atom stereocenters. The summed E-state index contributed by atoms with van der Waals surface area (Å²) in [6.07, 6.45) is 2.19. The zero-order valence-electron chi connectivity index (χ0n) is 14.7. The van der Waals surface area contributed by atoms with Crippen molar-refractivity contribution in [2.75, 3.05) is 6.54 Å². The van der Waals surface area contributed by atoms with Crippen molar-refractivity contribution in [2.24, 2.45) is 5.10 Å². The molecule has 2 aromatic carbocycles. The van der Waals surface area contributed by atoms with Crippen molar-refractivity contribution in [1.82, 2.24) is 10.7 Å². The van der Waals surface area contributed by atoms with Crippen molar-refractivity contribution in [3.8, 4) is 5.75 Å². The molecule has 0 aliphatic heterocycles. The summed E-state index contributed by atoms with van der Waals surface area (Å²) in [5.74, 6) is -0.862. The van der Waals surface area contributed by atoms with Gasteiger partial charge in [-0.15, -0.1) is 0 Å². The highest BCUT2D eigenvalue weighted by Gasteiger charge is 2.10. The van der Waals surface area contributed by atoms with Gasteiger partial charge in [-0.1, -0.05) is 36.2 Å². The van der Waals surface area contributed by atoms with E-state index in [0.29, 0.717) is 28.9 Å². The Morgan fingerprint density at radius 1 is 1.11 bits per heavy atom. The Labute approximate surface area is 167 Å². The zero-order valence-corrected chi connectivity index (χ0v) is 16.2. The SMILES string of the molecule is CCCNC(=O)C(=O)N/N=C\c1ccc(OCc2ccc(Cl)cc2Cl)cc1. The lowest BCUT2D eigenvalue weighted by molar-refractivity contribution is -0.139. The van der Waals surface area contributed by atoms with Crippen molar-refractivity contribution < 1.29 is 14.3 Å². The number of carbonyl (C=O) groups is 2. The van der Waals surface area contributed by atoms with Crippen molar-refractivity contribution >= 4 is 41.2 Å². The first kappa shape index (κ1) is 20.7. The molecule has 0 aliphatic carbocycles. The average Bonchev–Trinajstić information content (AvgIpc) is 2.66. The highest BCUT2D eigenvalue weighted by molar-refractivity contribution is 6.35. The molecule has 6 nitrogen and oxygen atoms in total. The summed E-state index contributed by atoms with van der Waals surface area (Å²) in [6.45, 7) is 2.65. The minimum atomic E-state index is -0.806. The number of hydrazone groups is 1. The van der Waals surface area contributed by atoms with E-state index in [0.717, 1.165) is 17.5 Å². The molecule has 0 atom stereocenters. The molecule has 0 aromatic heterocycles. The lowest BCUT2D eigenvalue weighted by Gasteiger charge is -2.08. The zero-order chi connectivity index (χ0) is 19.6. The Balaban J connectivity index is 1.84. The van der Waals surface area contributed by atoms with Gasteiger partial charge in [-0.2, -0.15) is 5.10 Å². The molecular weight excluding hydrogens is 389 g/mol. The maximum atomic E-state index is 11.5. The molecular formula is C19H19Cl2N3O3. The van der Waals surface area contributed by atoms with E-state index in [-0.39, 0.29) is 0 Å². The van der Waals surface area contributed by atoms with Crippen LogP contribution in [0, 0.1) is 0 Å². The molecule has 2 aromatic rings. The van der Waals surface area contributed by atoms with E-state index in [1.807, 2.05) is 13.0 Å². The second kappa shape index (κ2) is 10.5. The highest BCUT2D eigenvalue weighted by atomic mass is 35.5. The van der Waals surface area contributed by atoms with Crippen LogP contribution in [0.5, 0.6) is 5.75 Å².